The third kappa shape index (κ3) is 8.52. The SMILES string of the molecule is CN=C(NCCCc1ccccc1)NCc1cccc(OCCN(C)C2CCOCC2)c1. The van der Waals surface area contributed by atoms with E-state index in [9.17, 15) is 0 Å². The molecule has 6 nitrogen and oxygen atoms in total. The van der Waals surface area contributed by atoms with E-state index < -0.39 is 0 Å². The molecule has 0 aliphatic carbocycles. The summed E-state index contributed by atoms with van der Waals surface area (Å²) in [5, 5.41) is 6.79. The molecule has 2 aromatic carbocycles. The number of aryl methyl sites for hydroxylation is 1. The molecule has 32 heavy (non-hydrogen) atoms. The van der Waals surface area contributed by atoms with Crippen molar-refractivity contribution < 1.29 is 9.47 Å². The van der Waals surface area contributed by atoms with Gasteiger partial charge in [-0.25, -0.2) is 0 Å². The van der Waals surface area contributed by atoms with Gasteiger partial charge in [-0.2, -0.15) is 0 Å². The lowest BCUT2D eigenvalue weighted by Crippen LogP contribution is -2.38. The van der Waals surface area contributed by atoms with Gasteiger partial charge in [-0.15, -0.1) is 0 Å². The Labute approximate surface area is 193 Å². The molecule has 0 aromatic heterocycles. The summed E-state index contributed by atoms with van der Waals surface area (Å²) in [4.78, 5) is 6.72. The number of likely N-dealkylation sites (N-methyl/N-ethyl adjacent to an activating group) is 1. The van der Waals surface area contributed by atoms with Crippen LogP contribution in [0.15, 0.2) is 59.6 Å². The molecule has 0 radical (unpaired) electrons. The summed E-state index contributed by atoms with van der Waals surface area (Å²) in [7, 11) is 3.99. The Morgan fingerprint density at radius 1 is 1.06 bits per heavy atom. The van der Waals surface area contributed by atoms with Crippen LogP contribution in [0.25, 0.3) is 0 Å². The number of rotatable bonds is 11. The van der Waals surface area contributed by atoms with Gasteiger partial charge in [0.1, 0.15) is 12.4 Å². The molecule has 1 fully saturated rings. The van der Waals surface area contributed by atoms with Crippen molar-refractivity contribution in [3.8, 4) is 5.75 Å². The molecule has 0 unspecified atom stereocenters. The van der Waals surface area contributed by atoms with Crippen LogP contribution in [0.1, 0.15) is 30.4 Å². The zero-order chi connectivity index (χ0) is 22.4. The minimum atomic E-state index is 0.606. The van der Waals surface area contributed by atoms with Crippen molar-refractivity contribution in [2.45, 2.75) is 38.3 Å². The van der Waals surface area contributed by atoms with E-state index in [0.717, 1.165) is 63.7 Å². The molecular formula is C26H38N4O2. The maximum atomic E-state index is 6.02. The second-order valence-corrected chi connectivity index (χ2v) is 8.26. The molecule has 6 heteroatoms. The summed E-state index contributed by atoms with van der Waals surface area (Å²) >= 11 is 0. The van der Waals surface area contributed by atoms with E-state index in [1.807, 2.05) is 12.1 Å². The molecule has 1 saturated heterocycles. The van der Waals surface area contributed by atoms with Gasteiger partial charge in [0.2, 0.25) is 0 Å². The fourth-order valence-corrected chi connectivity index (χ4v) is 3.91. The third-order valence-electron chi connectivity index (χ3n) is 5.89. The Morgan fingerprint density at radius 2 is 1.84 bits per heavy atom. The van der Waals surface area contributed by atoms with Gasteiger partial charge in [-0.1, -0.05) is 42.5 Å². The highest BCUT2D eigenvalue weighted by atomic mass is 16.5. The zero-order valence-electron chi connectivity index (χ0n) is 19.6. The second kappa shape index (κ2) is 13.8. The standard InChI is InChI=1S/C26H38N4O2/c1-27-26(28-15-7-11-22-8-4-3-5-9-22)29-21-23-10-6-12-25(20-23)32-19-16-30(2)24-13-17-31-18-14-24/h3-6,8-10,12,20,24H,7,11,13-19,21H2,1-2H3,(H2,27,28,29). The maximum absolute atomic E-state index is 6.02. The van der Waals surface area contributed by atoms with Crippen molar-refractivity contribution in [2.75, 3.05) is 47.0 Å². The van der Waals surface area contributed by atoms with Gasteiger partial charge < -0.3 is 20.1 Å². The predicted octanol–water partition coefficient (Wildman–Crippen LogP) is 3.47. The molecule has 1 aliphatic heterocycles. The normalized spacial score (nSPS) is 15.0. The lowest BCUT2D eigenvalue weighted by molar-refractivity contribution is 0.0392. The summed E-state index contributed by atoms with van der Waals surface area (Å²) in [6.45, 7) is 4.95. The fraction of sp³-hybridized carbons (Fsp3) is 0.500. The van der Waals surface area contributed by atoms with Crippen molar-refractivity contribution in [3.05, 3.63) is 65.7 Å². The van der Waals surface area contributed by atoms with E-state index in [1.165, 1.54) is 11.1 Å². The summed E-state index contributed by atoms with van der Waals surface area (Å²) < 4.78 is 11.5. The Bertz CT molecular complexity index is 806. The lowest BCUT2D eigenvalue weighted by atomic mass is 10.1. The largest absolute Gasteiger partial charge is 0.492 e. The van der Waals surface area contributed by atoms with Crippen molar-refractivity contribution in [2.24, 2.45) is 4.99 Å². The van der Waals surface area contributed by atoms with Gasteiger partial charge in [-0.3, -0.25) is 9.89 Å². The summed E-state index contributed by atoms with van der Waals surface area (Å²) in [5.41, 5.74) is 2.54. The smallest absolute Gasteiger partial charge is 0.191 e. The Kier molecular flexibility index (Phi) is 10.4. The number of nitrogens with zero attached hydrogens (tertiary/aromatic N) is 2. The van der Waals surface area contributed by atoms with Gasteiger partial charge in [-0.05, 0) is 56.0 Å². The van der Waals surface area contributed by atoms with Gasteiger partial charge in [0.05, 0.1) is 0 Å². The van der Waals surface area contributed by atoms with Crippen molar-refractivity contribution in [3.63, 3.8) is 0 Å². The van der Waals surface area contributed by atoms with E-state index in [0.29, 0.717) is 19.2 Å². The molecule has 1 aliphatic rings. The highest BCUT2D eigenvalue weighted by Gasteiger charge is 2.17. The number of ether oxygens (including phenoxy) is 2. The van der Waals surface area contributed by atoms with Crippen LogP contribution in [-0.2, 0) is 17.7 Å². The minimum Gasteiger partial charge on any atom is -0.492 e. The van der Waals surface area contributed by atoms with Crippen molar-refractivity contribution in [1.29, 1.82) is 0 Å². The molecule has 174 valence electrons. The first-order chi connectivity index (χ1) is 15.7. The fourth-order valence-electron chi connectivity index (χ4n) is 3.91. The molecule has 0 spiro atoms. The van der Waals surface area contributed by atoms with Crippen LogP contribution in [0.4, 0.5) is 0 Å². The van der Waals surface area contributed by atoms with Crippen LogP contribution >= 0.6 is 0 Å². The summed E-state index contributed by atoms with van der Waals surface area (Å²) in [6, 6.07) is 19.5. The lowest BCUT2D eigenvalue weighted by Gasteiger charge is -2.31. The number of benzene rings is 2. The number of nitrogens with one attached hydrogen (secondary N) is 2. The minimum absolute atomic E-state index is 0.606. The van der Waals surface area contributed by atoms with Crippen molar-refractivity contribution in [1.82, 2.24) is 15.5 Å². The molecule has 3 rings (SSSR count). The number of aliphatic imine (C=N–C) groups is 1. The number of hydrogen-bond donors (Lipinski definition) is 2. The maximum Gasteiger partial charge on any atom is 0.191 e. The first kappa shape index (κ1) is 24.1. The molecule has 0 atom stereocenters. The Hall–Kier alpha value is -2.57. The van der Waals surface area contributed by atoms with E-state index in [2.05, 4.69) is 70.0 Å². The molecule has 2 N–H and O–H groups in total. The highest BCUT2D eigenvalue weighted by Crippen LogP contribution is 2.15. The average Bonchev–Trinajstić information content (AvgIpc) is 2.85. The monoisotopic (exact) mass is 438 g/mol. The first-order valence-corrected chi connectivity index (χ1v) is 11.7. The second-order valence-electron chi connectivity index (χ2n) is 8.26. The molecule has 0 bridgehead atoms. The first-order valence-electron chi connectivity index (χ1n) is 11.7. The van der Waals surface area contributed by atoms with Crippen LogP contribution in [0.5, 0.6) is 5.75 Å². The molecule has 1 heterocycles. The third-order valence-corrected chi connectivity index (χ3v) is 5.89. The van der Waals surface area contributed by atoms with Gasteiger partial charge in [0, 0.05) is 45.9 Å². The Balaban J connectivity index is 1.34. The van der Waals surface area contributed by atoms with Crippen LogP contribution in [-0.4, -0.2) is 63.9 Å². The van der Waals surface area contributed by atoms with Crippen LogP contribution in [0.2, 0.25) is 0 Å². The zero-order valence-corrected chi connectivity index (χ0v) is 19.6. The molecule has 0 amide bonds. The summed E-state index contributed by atoms with van der Waals surface area (Å²) in [6.07, 6.45) is 4.35. The summed E-state index contributed by atoms with van der Waals surface area (Å²) in [5.74, 6) is 1.73. The quantitative estimate of drug-likeness (QED) is 0.320. The highest BCUT2D eigenvalue weighted by molar-refractivity contribution is 5.79. The van der Waals surface area contributed by atoms with E-state index >= 15 is 0 Å². The average molecular weight is 439 g/mol. The number of guanidine groups is 1. The van der Waals surface area contributed by atoms with E-state index in [4.69, 9.17) is 9.47 Å². The van der Waals surface area contributed by atoms with Crippen molar-refractivity contribution >= 4 is 5.96 Å². The van der Waals surface area contributed by atoms with Gasteiger partial charge >= 0.3 is 0 Å². The molecular weight excluding hydrogens is 400 g/mol. The Morgan fingerprint density at radius 3 is 2.62 bits per heavy atom. The van der Waals surface area contributed by atoms with E-state index in [-0.39, 0.29) is 0 Å². The predicted molar refractivity (Wildman–Crippen MR) is 131 cm³/mol. The van der Waals surface area contributed by atoms with E-state index in [1.54, 1.807) is 7.05 Å². The topological polar surface area (TPSA) is 58.1 Å². The van der Waals surface area contributed by atoms with Crippen LogP contribution < -0.4 is 15.4 Å². The van der Waals surface area contributed by atoms with Crippen LogP contribution in [0.3, 0.4) is 0 Å². The molecule has 2 aromatic rings. The van der Waals surface area contributed by atoms with Gasteiger partial charge in [0.15, 0.2) is 5.96 Å². The molecule has 0 saturated carbocycles. The van der Waals surface area contributed by atoms with Crippen LogP contribution in [0, 0.1) is 0 Å². The number of hydrogen-bond acceptors (Lipinski definition) is 4. The van der Waals surface area contributed by atoms with Gasteiger partial charge in [0.25, 0.3) is 0 Å².